The fourth-order valence-corrected chi connectivity index (χ4v) is 3.89. The summed E-state index contributed by atoms with van der Waals surface area (Å²) in [5.41, 5.74) is -0.726. The van der Waals surface area contributed by atoms with E-state index in [0.29, 0.717) is 35.4 Å². The van der Waals surface area contributed by atoms with Crippen LogP contribution in [0.4, 0.5) is 0 Å². The van der Waals surface area contributed by atoms with E-state index in [2.05, 4.69) is 15.1 Å². The predicted octanol–water partition coefficient (Wildman–Crippen LogP) is 2.17. The summed E-state index contributed by atoms with van der Waals surface area (Å²) in [6, 6.07) is 1.42. The number of benzene rings is 1. The first-order chi connectivity index (χ1) is 15.2. The zero-order valence-corrected chi connectivity index (χ0v) is 17.8. The molecule has 0 bridgehead atoms. The minimum absolute atomic E-state index is 0.00254. The molecule has 2 heterocycles. The number of aromatic carboxylic acids is 1. The summed E-state index contributed by atoms with van der Waals surface area (Å²) in [6.45, 7) is 3.73. The summed E-state index contributed by atoms with van der Waals surface area (Å²) in [5.74, 6) is -1.37. The van der Waals surface area contributed by atoms with Gasteiger partial charge in [0.1, 0.15) is 0 Å². The van der Waals surface area contributed by atoms with E-state index >= 15 is 0 Å². The van der Waals surface area contributed by atoms with Gasteiger partial charge in [-0.2, -0.15) is 19.7 Å². The van der Waals surface area contributed by atoms with Crippen LogP contribution in [-0.2, 0) is 12.8 Å². The number of nitrogens with zero attached hydrogens (tertiary/aromatic N) is 4. The lowest BCUT2D eigenvalue weighted by atomic mass is 10.1. The highest BCUT2D eigenvalue weighted by atomic mass is 35.5. The van der Waals surface area contributed by atoms with E-state index in [1.807, 2.05) is 18.8 Å². The number of rotatable bonds is 5. The molecule has 0 radical (unpaired) electrons. The van der Waals surface area contributed by atoms with Crippen molar-refractivity contribution in [3.05, 3.63) is 60.6 Å². The van der Waals surface area contributed by atoms with Crippen molar-refractivity contribution in [2.45, 2.75) is 39.0 Å². The van der Waals surface area contributed by atoms with Crippen molar-refractivity contribution in [3.8, 4) is 23.2 Å². The van der Waals surface area contributed by atoms with E-state index in [1.54, 1.807) is 0 Å². The molecule has 0 amide bonds. The van der Waals surface area contributed by atoms with Gasteiger partial charge >= 0.3 is 17.7 Å². The van der Waals surface area contributed by atoms with E-state index in [4.69, 9.17) is 16.3 Å². The average Bonchev–Trinajstić information content (AvgIpc) is 3.21. The quantitative estimate of drug-likeness (QED) is 0.519. The van der Waals surface area contributed by atoms with Gasteiger partial charge in [0.05, 0.1) is 22.6 Å². The Morgan fingerprint density at radius 2 is 2.00 bits per heavy atom. The number of nitrogens with one attached hydrogen (secondary N) is 1. The molecule has 12 heteroatoms. The Morgan fingerprint density at radius 1 is 1.28 bits per heavy atom. The maximum atomic E-state index is 12.4. The standard InChI is InChI=1S/C20H18ClN5O6/c1-8(2)14-13(27)7-22-19(23-14)32-16-10-5-3-4-9(10)12(6-11(16)21)26-20(31)24-17(28)15(25-26)18(29)30/h6-8,27H,3-5H2,1-2H3,(H,29,30)(H,24,28,31). The lowest BCUT2D eigenvalue weighted by Crippen LogP contribution is -2.36. The average molecular weight is 460 g/mol. The summed E-state index contributed by atoms with van der Waals surface area (Å²) >= 11 is 6.47. The number of hydrogen-bond acceptors (Lipinski definition) is 8. The molecule has 1 aliphatic carbocycles. The molecule has 2 aromatic heterocycles. The van der Waals surface area contributed by atoms with Crippen LogP contribution in [0.2, 0.25) is 5.02 Å². The number of carbonyl (C=O) groups is 1. The van der Waals surface area contributed by atoms with E-state index in [-0.39, 0.29) is 28.4 Å². The fraction of sp³-hybridized carbons (Fsp3) is 0.300. The monoisotopic (exact) mass is 459 g/mol. The number of hydrogen-bond donors (Lipinski definition) is 3. The maximum Gasteiger partial charge on any atom is 0.362 e. The molecule has 166 valence electrons. The van der Waals surface area contributed by atoms with Gasteiger partial charge in [0.2, 0.25) is 5.69 Å². The van der Waals surface area contributed by atoms with Crippen LogP contribution in [0.25, 0.3) is 5.69 Å². The smallest absolute Gasteiger partial charge is 0.362 e. The molecule has 0 saturated heterocycles. The lowest BCUT2D eigenvalue weighted by molar-refractivity contribution is 0.0685. The van der Waals surface area contributed by atoms with Gasteiger partial charge in [-0.15, -0.1) is 0 Å². The number of fused-ring (bicyclic) bond motifs is 1. The summed E-state index contributed by atoms with van der Waals surface area (Å²) in [6.07, 6.45) is 3.12. The number of halogens is 1. The first-order valence-electron chi connectivity index (χ1n) is 9.72. The van der Waals surface area contributed by atoms with E-state index < -0.39 is 22.9 Å². The Labute approximate surface area is 185 Å². The van der Waals surface area contributed by atoms with Crippen molar-refractivity contribution >= 4 is 17.6 Å². The topological polar surface area (TPSA) is 160 Å². The molecule has 0 saturated carbocycles. The van der Waals surface area contributed by atoms with Crippen LogP contribution in [0, 0.1) is 0 Å². The number of carboxylic acid groups (broad SMARTS) is 1. The molecule has 3 N–H and O–H groups in total. The van der Waals surface area contributed by atoms with Gasteiger partial charge in [0, 0.05) is 5.56 Å². The lowest BCUT2D eigenvalue weighted by Gasteiger charge is -2.16. The van der Waals surface area contributed by atoms with Crippen molar-refractivity contribution in [2.75, 3.05) is 0 Å². The molecular formula is C20H18ClN5O6. The Balaban J connectivity index is 1.84. The molecule has 0 atom stereocenters. The summed E-state index contributed by atoms with van der Waals surface area (Å²) in [4.78, 5) is 45.6. The van der Waals surface area contributed by atoms with Gasteiger partial charge in [-0.1, -0.05) is 25.4 Å². The Bertz CT molecular complexity index is 1360. The fourth-order valence-electron chi connectivity index (χ4n) is 3.63. The second kappa shape index (κ2) is 8.08. The summed E-state index contributed by atoms with van der Waals surface area (Å²) in [5, 5.41) is 23.0. The molecule has 32 heavy (non-hydrogen) atoms. The SMILES string of the molecule is CC(C)c1nc(Oc2c(Cl)cc(-n3nc(C(=O)O)c(=O)[nH]c3=O)c3c2CCC3)ncc1O. The molecule has 4 rings (SSSR count). The Morgan fingerprint density at radius 3 is 2.69 bits per heavy atom. The van der Waals surface area contributed by atoms with Crippen molar-refractivity contribution in [2.24, 2.45) is 0 Å². The van der Waals surface area contributed by atoms with Gasteiger partial charge in [-0.05, 0) is 36.8 Å². The minimum atomic E-state index is -1.56. The van der Waals surface area contributed by atoms with Crippen LogP contribution in [0.1, 0.15) is 53.5 Å². The third-order valence-corrected chi connectivity index (χ3v) is 5.34. The van der Waals surface area contributed by atoms with Crippen molar-refractivity contribution in [3.63, 3.8) is 0 Å². The van der Waals surface area contributed by atoms with Crippen LogP contribution in [-0.4, -0.2) is 40.9 Å². The molecular weight excluding hydrogens is 442 g/mol. The van der Waals surface area contributed by atoms with Crippen LogP contribution in [0.15, 0.2) is 21.9 Å². The first kappa shape index (κ1) is 21.5. The number of H-pyrrole nitrogens is 1. The number of aromatic hydroxyl groups is 1. The highest BCUT2D eigenvalue weighted by Crippen LogP contribution is 2.41. The second-order valence-electron chi connectivity index (χ2n) is 7.52. The van der Waals surface area contributed by atoms with Gasteiger partial charge in [-0.3, -0.25) is 9.78 Å². The predicted molar refractivity (Wildman–Crippen MR) is 112 cm³/mol. The van der Waals surface area contributed by atoms with Gasteiger partial charge in [0.15, 0.2) is 11.5 Å². The summed E-state index contributed by atoms with van der Waals surface area (Å²) < 4.78 is 6.69. The number of aromatic amines is 1. The van der Waals surface area contributed by atoms with Crippen LogP contribution in [0.5, 0.6) is 17.5 Å². The van der Waals surface area contributed by atoms with Crippen LogP contribution in [0.3, 0.4) is 0 Å². The number of ether oxygens (including phenoxy) is 1. The van der Waals surface area contributed by atoms with Gasteiger partial charge < -0.3 is 14.9 Å². The number of aromatic nitrogens is 5. The third-order valence-electron chi connectivity index (χ3n) is 5.06. The molecule has 1 aliphatic rings. The summed E-state index contributed by atoms with van der Waals surface area (Å²) in [7, 11) is 0. The number of carboxylic acids is 1. The van der Waals surface area contributed by atoms with Gasteiger partial charge in [0.25, 0.3) is 5.56 Å². The van der Waals surface area contributed by atoms with Crippen molar-refractivity contribution < 1.29 is 19.7 Å². The Hall–Kier alpha value is -3.73. The zero-order chi connectivity index (χ0) is 23.2. The highest BCUT2D eigenvalue weighted by Gasteiger charge is 2.27. The van der Waals surface area contributed by atoms with E-state index in [1.165, 1.54) is 12.3 Å². The third kappa shape index (κ3) is 3.71. The van der Waals surface area contributed by atoms with Crippen molar-refractivity contribution in [1.29, 1.82) is 0 Å². The molecule has 0 unspecified atom stereocenters. The first-order valence-corrected chi connectivity index (χ1v) is 10.1. The maximum absolute atomic E-state index is 12.4. The zero-order valence-electron chi connectivity index (χ0n) is 17.0. The normalized spacial score (nSPS) is 12.8. The highest BCUT2D eigenvalue weighted by molar-refractivity contribution is 6.32. The molecule has 0 aliphatic heterocycles. The van der Waals surface area contributed by atoms with E-state index in [0.717, 1.165) is 11.1 Å². The van der Waals surface area contributed by atoms with Crippen LogP contribution < -0.4 is 16.0 Å². The molecule has 0 spiro atoms. The second-order valence-corrected chi connectivity index (χ2v) is 7.93. The van der Waals surface area contributed by atoms with Crippen LogP contribution >= 0.6 is 11.6 Å². The molecule has 3 aromatic rings. The largest absolute Gasteiger partial charge is 0.504 e. The van der Waals surface area contributed by atoms with Gasteiger partial charge in [-0.25, -0.2) is 9.59 Å². The Kier molecular flexibility index (Phi) is 5.43. The minimum Gasteiger partial charge on any atom is -0.504 e. The molecule has 1 aromatic carbocycles. The molecule has 11 nitrogen and oxygen atoms in total. The molecule has 0 fully saturated rings. The van der Waals surface area contributed by atoms with Crippen molar-refractivity contribution in [1.82, 2.24) is 24.7 Å². The van der Waals surface area contributed by atoms with E-state index in [9.17, 15) is 24.6 Å².